The molecule has 1 aliphatic heterocycles. The molecule has 1 N–H and O–H groups in total. The minimum Gasteiger partial charge on any atom is -0.406 e. The number of nitrogens with one attached hydrogen (secondary N) is 1. The average Bonchev–Trinajstić information content (AvgIpc) is 2.25. The number of likely N-dealkylation sites (N-methyl/N-ethyl adjacent to an activating group) is 1. The Morgan fingerprint density at radius 2 is 2.18 bits per heavy atom. The first-order chi connectivity index (χ1) is 7.99. The summed E-state index contributed by atoms with van der Waals surface area (Å²) in [5, 5.41) is 3.04. The van der Waals surface area contributed by atoms with E-state index in [4.69, 9.17) is 4.74 Å². The van der Waals surface area contributed by atoms with Gasteiger partial charge in [0.15, 0.2) is 0 Å². The summed E-state index contributed by atoms with van der Waals surface area (Å²) in [5.41, 5.74) is 1.67. The summed E-state index contributed by atoms with van der Waals surface area (Å²) < 4.78 is 45.3. The molecule has 1 heterocycles. The molecule has 0 aliphatic carbocycles. The lowest BCUT2D eigenvalue weighted by Gasteiger charge is -2.25. The number of halogens is 3. The topological polar surface area (TPSA) is 30.5 Å². The summed E-state index contributed by atoms with van der Waals surface area (Å²) in [6.45, 7) is 0.825. The van der Waals surface area contributed by atoms with Gasteiger partial charge in [-0.2, -0.15) is 0 Å². The number of ether oxygens (including phenoxy) is 2. The predicted molar refractivity (Wildman–Crippen MR) is 54.6 cm³/mol. The Balaban J connectivity index is 2.25. The van der Waals surface area contributed by atoms with Crippen molar-refractivity contribution in [2.75, 3.05) is 13.7 Å². The number of alkyl halides is 3. The van der Waals surface area contributed by atoms with Gasteiger partial charge in [0.1, 0.15) is 5.75 Å². The van der Waals surface area contributed by atoms with Crippen molar-refractivity contribution in [1.82, 2.24) is 5.32 Å². The molecule has 2 rings (SSSR count). The van der Waals surface area contributed by atoms with Gasteiger partial charge in [0.05, 0.1) is 19.3 Å². The zero-order valence-electron chi connectivity index (χ0n) is 9.17. The van der Waals surface area contributed by atoms with Crippen LogP contribution in [0.3, 0.4) is 0 Å². The number of rotatable bonds is 2. The third-order valence-electron chi connectivity index (χ3n) is 2.61. The van der Waals surface area contributed by atoms with Crippen LogP contribution in [0.1, 0.15) is 17.2 Å². The summed E-state index contributed by atoms with van der Waals surface area (Å²) in [7, 11) is 1.78. The number of hydrogen-bond donors (Lipinski definition) is 1. The van der Waals surface area contributed by atoms with Crippen molar-refractivity contribution in [3.05, 3.63) is 29.3 Å². The molecule has 0 spiro atoms. The van der Waals surface area contributed by atoms with Gasteiger partial charge in [-0.3, -0.25) is 0 Å². The van der Waals surface area contributed by atoms with Gasteiger partial charge in [-0.1, -0.05) is 6.07 Å². The Morgan fingerprint density at radius 3 is 2.82 bits per heavy atom. The molecule has 94 valence electrons. The highest BCUT2D eigenvalue weighted by Gasteiger charge is 2.31. The molecule has 0 saturated carbocycles. The fourth-order valence-corrected chi connectivity index (χ4v) is 1.86. The van der Waals surface area contributed by atoms with Crippen LogP contribution < -0.4 is 10.1 Å². The van der Waals surface area contributed by atoms with Crippen molar-refractivity contribution in [2.24, 2.45) is 0 Å². The third-order valence-corrected chi connectivity index (χ3v) is 2.61. The Morgan fingerprint density at radius 1 is 1.41 bits per heavy atom. The fourth-order valence-electron chi connectivity index (χ4n) is 1.86. The summed E-state index contributed by atoms with van der Waals surface area (Å²) in [4.78, 5) is 0. The number of fused-ring (bicyclic) bond motifs is 1. The van der Waals surface area contributed by atoms with Crippen LogP contribution in [0, 0.1) is 0 Å². The van der Waals surface area contributed by atoms with E-state index in [9.17, 15) is 13.2 Å². The monoisotopic (exact) mass is 247 g/mol. The van der Waals surface area contributed by atoms with Crippen LogP contribution in [-0.4, -0.2) is 20.0 Å². The lowest BCUT2D eigenvalue weighted by atomic mass is 9.99. The molecule has 1 atom stereocenters. The molecule has 6 heteroatoms. The van der Waals surface area contributed by atoms with Gasteiger partial charge in [0, 0.05) is 0 Å². The first kappa shape index (κ1) is 12.2. The molecule has 1 aromatic rings. The van der Waals surface area contributed by atoms with E-state index in [1.807, 2.05) is 0 Å². The minimum absolute atomic E-state index is 0.0127. The van der Waals surface area contributed by atoms with Crippen LogP contribution in [0.15, 0.2) is 18.2 Å². The number of hydrogen-bond acceptors (Lipinski definition) is 3. The quantitative estimate of drug-likeness (QED) is 0.870. The van der Waals surface area contributed by atoms with Gasteiger partial charge >= 0.3 is 6.36 Å². The first-order valence-corrected chi connectivity index (χ1v) is 5.13. The average molecular weight is 247 g/mol. The van der Waals surface area contributed by atoms with Crippen LogP contribution in [0.5, 0.6) is 5.75 Å². The van der Waals surface area contributed by atoms with Crippen LogP contribution in [0.25, 0.3) is 0 Å². The Bertz CT molecular complexity index is 406. The highest BCUT2D eigenvalue weighted by molar-refractivity contribution is 5.38. The summed E-state index contributed by atoms with van der Waals surface area (Å²) in [5.74, 6) is -0.211. The Kier molecular flexibility index (Phi) is 3.26. The van der Waals surface area contributed by atoms with Gasteiger partial charge < -0.3 is 14.8 Å². The van der Waals surface area contributed by atoms with Gasteiger partial charge in [0.2, 0.25) is 0 Å². The van der Waals surface area contributed by atoms with Gasteiger partial charge in [-0.05, 0) is 30.3 Å². The van der Waals surface area contributed by atoms with E-state index in [-0.39, 0.29) is 11.8 Å². The van der Waals surface area contributed by atoms with Crippen LogP contribution >= 0.6 is 0 Å². The maximum atomic E-state index is 12.1. The molecule has 0 amide bonds. The highest BCUT2D eigenvalue weighted by atomic mass is 19.4. The standard InChI is InChI=1S/C11H12F3NO2/c1-15-10-6-16-5-7-4-8(2-3-9(7)10)17-11(12,13)14/h2-4,10,15H,5-6H2,1H3. The Hall–Kier alpha value is -1.27. The molecule has 0 saturated heterocycles. The molecule has 1 unspecified atom stereocenters. The molecule has 0 aromatic heterocycles. The normalized spacial score (nSPS) is 19.9. The SMILES string of the molecule is CNC1COCc2cc(OC(F)(F)F)ccc21. The van der Waals surface area contributed by atoms with E-state index < -0.39 is 6.36 Å². The predicted octanol–water partition coefficient (Wildman–Crippen LogP) is 2.38. The first-order valence-electron chi connectivity index (χ1n) is 5.13. The summed E-state index contributed by atoms with van der Waals surface area (Å²) >= 11 is 0. The van der Waals surface area contributed by atoms with E-state index in [1.165, 1.54) is 12.1 Å². The minimum atomic E-state index is -4.66. The molecular formula is C11H12F3NO2. The lowest BCUT2D eigenvalue weighted by molar-refractivity contribution is -0.274. The summed E-state index contributed by atoms with van der Waals surface area (Å²) in [6, 6.07) is 4.34. The van der Waals surface area contributed by atoms with Crippen molar-refractivity contribution in [3.8, 4) is 5.75 Å². The van der Waals surface area contributed by atoms with Crippen molar-refractivity contribution in [1.29, 1.82) is 0 Å². The zero-order valence-corrected chi connectivity index (χ0v) is 9.17. The van der Waals surface area contributed by atoms with Gasteiger partial charge in [0.25, 0.3) is 0 Å². The Labute approximate surface area is 96.5 Å². The van der Waals surface area contributed by atoms with Crippen LogP contribution in [-0.2, 0) is 11.3 Å². The third kappa shape index (κ3) is 2.89. The van der Waals surface area contributed by atoms with Crippen molar-refractivity contribution >= 4 is 0 Å². The fraction of sp³-hybridized carbons (Fsp3) is 0.455. The largest absolute Gasteiger partial charge is 0.573 e. The van der Waals surface area contributed by atoms with Crippen LogP contribution in [0.4, 0.5) is 13.2 Å². The van der Waals surface area contributed by atoms with E-state index in [0.717, 1.165) is 11.1 Å². The maximum absolute atomic E-state index is 12.1. The molecule has 1 aliphatic rings. The van der Waals surface area contributed by atoms with E-state index >= 15 is 0 Å². The molecule has 17 heavy (non-hydrogen) atoms. The number of benzene rings is 1. The van der Waals surface area contributed by atoms with Crippen molar-refractivity contribution < 1.29 is 22.6 Å². The molecule has 0 bridgehead atoms. The molecule has 0 fully saturated rings. The van der Waals surface area contributed by atoms with Crippen molar-refractivity contribution in [2.45, 2.75) is 19.0 Å². The molecule has 3 nitrogen and oxygen atoms in total. The zero-order chi connectivity index (χ0) is 12.5. The van der Waals surface area contributed by atoms with Gasteiger partial charge in [-0.25, -0.2) is 0 Å². The molecule has 0 radical (unpaired) electrons. The highest BCUT2D eigenvalue weighted by Crippen LogP contribution is 2.30. The smallest absolute Gasteiger partial charge is 0.406 e. The second kappa shape index (κ2) is 4.54. The van der Waals surface area contributed by atoms with E-state index in [2.05, 4.69) is 10.1 Å². The van der Waals surface area contributed by atoms with E-state index in [1.54, 1.807) is 13.1 Å². The molecular weight excluding hydrogens is 235 g/mol. The molecule has 1 aromatic carbocycles. The van der Waals surface area contributed by atoms with Gasteiger partial charge in [-0.15, -0.1) is 13.2 Å². The lowest BCUT2D eigenvalue weighted by Crippen LogP contribution is -2.27. The second-order valence-corrected chi connectivity index (χ2v) is 3.76. The maximum Gasteiger partial charge on any atom is 0.573 e. The van der Waals surface area contributed by atoms with Crippen LogP contribution in [0.2, 0.25) is 0 Å². The summed E-state index contributed by atoms with van der Waals surface area (Å²) in [6.07, 6.45) is -4.66. The van der Waals surface area contributed by atoms with E-state index in [0.29, 0.717) is 13.2 Å². The second-order valence-electron chi connectivity index (χ2n) is 3.76. The van der Waals surface area contributed by atoms with Crippen molar-refractivity contribution in [3.63, 3.8) is 0 Å².